The van der Waals surface area contributed by atoms with E-state index in [0.717, 1.165) is 11.1 Å². The number of hydrogen-bond acceptors (Lipinski definition) is 4. The highest BCUT2D eigenvalue weighted by Crippen LogP contribution is 2.19. The quantitative estimate of drug-likeness (QED) is 0.354. The van der Waals surface area contributed by atoms with E-state index in [1.165, 1.54) is 9.13 Å². The molecule has 0 aliphatic heterocycles. The first kappa shape index (κ1) is 21.9. The van der Waals surface area contributed by atoms with Gasteiger partial charge in [-0.3, -0.25) is 18.7 Å². The highest BCUT2D eigenvalue weighted by atomic mass is 16.3. The second-order valence-corrected chi connectivity index (χ2v) is 7.65. The molecule has 0 spiro atoms. The Morgan fingerprint density at radius 1 is 0.909 bits per heavy atom. The van der Waals surface area contributed by atoms with E-state index in [-0.39, 0.29) is 24.4 Å². The second kappa shape index (κ2) is 9.47. The van der Waals surface area contributed by atoms with Crippen LogP contribution in [-0.2, 0) is 19.5 Å². The summed E-state index contributed by atoms with van der Waals surface area (Å²) in [6.07, 6.45) is 0.527. The molecule has 1 heterocycles. The van der Waals surface area contributed by atoms with E-state index in [2.05, 4.69) is 4.85 Å². The summed E-state index contributed by atoms with van der Waals surface area (Å²) < 4.78 is 2.72. The maximum absolute atomic E-state index is 13.4. The normalized spacial score (nSPS) is 10.8. The van der Waals surface area contributed by atoms with Gasteiger partial charge < -0.3 is 5.11 Å². The van der Waals surface area contributed by atoms with Crippen LogP contribution in [0.4, 0.5) is 5.69 Å². The van der Waals surface area contributed by atoms with Gasteiger partial charge in [-0.25, -0.2) is 9.64 Å². The standard InChI is InChI=1S/C26H21N3O4/c1-27-21-11-12-22-23(15-21)29(16-19-7-9-20(10-8-19)24(31)17-30)26(33)28(25(22)32)14-13-18-5-3-2-4-6-18/h2-12,15,30H,13-14,16-17H2. The van der Waals surface area contributed by atoms with Crippen LogP contribution in [0.5, 0.6) is 0 Å². The first-order valence-corrected chi connectivity index (χ1v) is 10.4. The summed E-state index contributed by atoms with van der Waals surface area (Å²) in [4.78, 5) is 41.7. The van der Waals surface area contributed by atoms with Crippen LogP contribution in [0, 0.1) is 6.57 Å². The highest BCUT2D eigenvalue weighted by Gasteiger charge is 2.15. The molecule has 1 N–H and O–H groups in total. The fraction of sp³-hybridized carbons (Fsp3) is 0.154. The lowest BCUT2D eigenvalue weighted by atomic mass is 10.1. The monoisotopic (exact) mass is 439 g/mol. The summed E-state index contributed by atoms with van der Waals surface area (Å²) in [5.74, 6) is -0.389. The number of carbonyl (C=O) groups excluding carboxylic acids is 1. The number of aliphatic hydroxyl groups excluding tert-OH is 1. The molecule has 0 aliphatic rings. The molecule has 7 heteroatoms. The lowest BCUT2D eigenvalue weighted by Gasteiger charge is -2.15. The molecule has 0 saturated heterocycles. The summed E-state index contributed by atoms with van der Waals surface area (Å²) in [5, 5.41) is 9.40. The van der Waals surface area contributed by atoms with Crippen molar-refractivity contribution in [2.75, 3.05) is 6.61 Å². The smallest absolute Gasteiger partial charge is 0.331 e. The van der Waals surface area contributed by atoms with Crippen molar-refractivity contribution in [2.24, 2.45) is 0 Å². The number of aliphatic hydroxyl groups is 1. The molecule has 1 aromatic heterocycles. The Balaban J connectivity index is 1.80. The Hall–Kier alpha value is -4.28. The summed E-state index contributed by atoms with van der Waals surface area (Å²) in [5.41, 5.74) is 2.02. The van der Waals surface area contributed by atoms with E-state index in [9.17, 15) is 14.4 Å². The molecule has 3 aromatic carbocycles. The molecule has 0 fully saturated rings. The molecule has 164 valence electrons. The number of aryl methyl sites for hydroxylation is 1. The van der Waals surface area contributed by atoms with Gasteiger partial charge in [0.2, 0.25) is 0 Å². The second-order valence-electron chi connectivity index (χ2n) is 7.65. The minimum atomic E-state index is -0.574. The van der Waals surface area contributed by atoms with Crippen molar-refractivity contribution in [2.45, 2.75) is 19.5 Å². The molecular formula is C26H21N3O4. The van der Waals surface area contributed by atoms with E-state index >= 15 is 0 Å². The number of ketones is 1. The summed E-state index contributed by atoms with van der Waals surface area (Å²) in [6, 6.07) is 20.9. The van der Waals surface area contributed by atoms with Crippen LogP contribution in [0.25, 0.3) is 15.7 Å². The van der Waals surface area contributed by atoms with Gasteiger partial charge in [0, 0.05) is 17.6 Å². The van der Waals surface area contributed by atoms with Crippen molar-refractivity contribution in [1.29, 1.82) is 0 Å². The number of carbonyl (C=O) groups is 1. The number of rotatable bonds is 7. The van der Waals surface area contributed by atoms with Crippen LogP contribution in [0.15, 0.2) is 82.4 Å². The predicted molar refractivity (Wildman–Crippen MR) is 126 cm³/mol. The van der Waals surface area contributed by atoms with E-state index in [1.54, 1.807) is 42.5 Å². The Kier molecular flexibility index (Phi) is 6.29. The van der Waals surface area contributed by atoms with Gasteiger partial charge in [-0.05, 0) is 23.6 Å². The summed E-state index contributed by atoms with van der Waals surface area (Å²) in [7, 11) is 0. The highest BCUT2D eigenvalue weighted by molar-refractivity contribution is 5.96. The van der Waals surface area contributed by atoms with Gasteiger partial charge in [-0.1, -0.05) is 66.7 Å². The maximum Gasteiger partial charge on any atom is 0.331 e. The fourth-order valence-corrected chi connectivity index (χ4v) is 3.78. The number of Topliss-reactive ketones (excluding diaryl/α,β-unsaturated/α-hetero) is 1. The van der Waals surface area contributed by atoms with Gasteiger partial charge in [0.25, 0.3) is 5.56 Å². The van der Waals surface area contributed by atoms with Crippen molar-refractivity contribution < 1.29 is 9.90 Å². The summed E-state index contributed by atoms with van der Waals surface area (Å²) in [6.45, 7) is 7.12. The van der Waals surface area contributed by atoms with Crippen molar-refractivity contribution in [3.8, 4) is 0 Å². The maximum atomic E-state index is 13.4. The molecule has 33 heavy (non-hydrogen) atoms. The lowest BCUT2D eigenvalue weighted by molar-refractivity contribution is 0.0903. The first-order valence-electron chi connectivity index (χ1n) is 10.4. The summed E-state index contributed by atoms with van der Waals surface area (Å²) >= 11 is 0. The molecule has 7 nitrogen and oxygen atoms in total. The van der Waals surface area contributed by atoms with E-state index in [4.69, 9.17) is 11.7 Å². The first-order chi connectivity index (χ1) is 16.0. The van der Waals surface area contributed by atoms with Gasteiger partial charge in [0.05, 0.1) is 18.5 Å². The third-order valence-corrected chi connectivity index (χ3v) is 5.57. The molecule has 0 amide bonds. The van der Waals surface area contributed by atoms with Crippen molar-refractivity contribution >= 4 is 22.4 Å². The number of hydrogen-bond donors (Lipinski definition) is 1. The lowest BCUT2D eigenvalue weighted by Crippen LogP contribution is -2.40. The number of benzene rings is 3. The van der Waals surface area contributed by atoms with Gasteiger partial charge in [-0.15, -0.1) is 0 Å². The third-order valence-electron chi connectivity index (χ3n) is 5.57. The van der Waals surface area contributed by atoms with Crippen LogP contribution in [0.3, 0.4) is 0 Å². The fourth-order valence-electron chi connectivity index (χ4n) is 3.78. The topological polar surface area (TPSA) is 85.7 Å². The largest absolute Gasteiger partial charge is 0.388 e. The van der Waals surface area contributed by atoms with Crippen LogP contribution < -0.4 is 11.2 Å². The van der Waals surface area contributed by atoms with Gasteiger partial charge in [0.1, 0.15) is 6.61 Å². The van der Waals surface area contributed by atoms with Crippen LogP contribution in [0.1, 0.15) is 21.5 Å². The molecule has 0 unspecified atom stereocenters. The van der Waals surface area contributed by atoms with Crippen molar-refractivity contribution in [3.05, 3.63) is 122 Å². The molecule has 0 aliphatic carbocycles. The number of nitrogens with zero attached hydrogens (tertiary/aromatic N) is 3. The average molecular weight is 439 g/mol. The van der Waals surface area contributed by atoms with Gasteiger partial charge in [-0.2, -0.15) is 0 Å². The SMILES string of the molecule is [C-]#[N+]c1ccc2c(=O)n(CCc3ccccc3)c(=O)n(Cc3ccc(C(=O)CO)cc3)c2c1. The molecule has 4 aromatic rings. The Morgan fingerprint density at radius 3 is 2.30 bits per heavy atom. The van der Waals surface area contributed by atoms with E-state index < -0.39 is 12.3 Å². The Morgan fingerprint density at radius 2 is 1.64 bits per heavy atom. The predicted octanol–water partition coefficient (Wildman–Crippen LogP) is 3.18. The van der Waals surface area contributed by atoms with E-state index in [0.29, 0.717) is 28.6 Å². The third kappa shape index (κ3) is 4.52. The van der Waals surface area contributed by atoms with Crippen LogP contribution in [-0.4, -0.2) is 26.6 Å². The minimum absolute atomic E-state index is 0.163. The number of fused-ring (bicyclic) bond motifs is 1. The molecule has 0 radical (unpaired) electrons. The number of aromatic nitrogens is 2. The zero-order valence-electron chi connectivity index (χ0n) is 17.8. The van der Waals surface area contributed by atoms with Crippen LogP contribution in [0.2, 0.25) is 0 Å². The van der Waals surface area contributed by atoms with E-state index in [1.807, 2.05) is 30.3 Å². The van der Waals surface area contributed by atoms with Gasteiger partial charge in [0.15, 0.2) is 11.5 Å². The molecule has 0 bridgehead atoms. The molecule has 0 saturated carbocycles. The van der Waals surface area contributed by atoms with Crippen molar-refractivity contribution in [3.63, 3.8) is 0 Å². The zero-order valence-corrected chi connectivity index (χ0v) is 17.8. The molecule has 0 atom stereocenters. The Labute approximate surface area is 189 Å². The zero-order chi connectivity index (χ0) is 23.4. The molecular weight excluding hydrogens is 418 g/mol. The average Bonchev–Trinajstić information content (AvgIpc) is 2.86. The van der Waals surface area contributed by atoms with Crippen LogP contribution >= 0.6 is 0 Å². The van der Waals surface area contributed by atoms with Gasteiger partial charge >= 0.3 is 5.69 Å². The molecule has 4 rings (SSSR count). The Bertz CT molecular complexity index is 1480. The minimum Gasteiger partial charge on any atom is -0.388 e. The van der Waals surface area contributed by atoms with Crippen molar-refractivity contribution in [1.82, 2.24) is 9.13 Å².